The topological polar surface area (TPSA) is 114 Å². The molecule has 0 bridgehead atoms. The third-order valence-corrected chi connectivity index (χ3v) is 3.22. The standard InChI is InChI=1S/C14H10N4O4/c19-13-5-9-4-11(12(18(21)22)6-10(9)16-13)17-14(20)8-2-1-3-15-7-8/h1-4,6-7H,5H2,(H,16,19)(H,17,20). The van der Waals surface area contributed by atoms with Crippen LogP contribution >= 0.6 is 0 Å². The summed E-state index contributed by atoms with van der Waals surface area (Å²) in [5, 5.41) is 16.2. The van der Waals surface area contributed by atoms with Crippen molar-refractivity contribution >= 4 is 28.9 Å². The van der Waals surface area contributed by atoms with Gasteiger partial charge in [-0.2, -0.15) is 0 Å². The summed E-state index contributed by atoms with van der Waals surface area (Å²) < 4.78 is 0. The second-order valence-corrected chi connectivity index (χ2v) is 4.70. The van der Waals surface area contributed by atoms with E-state index in [0.29, 0.717) is 11.3 Å². The highest BCUT2D eigenvalue weighted by molar-refractivity contribution is 6.06. The van der Waals surface area contributed by atoms with Crippen LogP contribution in [0.25, 0.3) is 0 Å². The van der Waals surface area contributed by atoms with Gasteiger partial charge in [-0.15, -0.1) is 0 Å². The third-order valence-electron chi connectivity index (χ3n) is 3.22. The molecule has 110 valence electrons. The van der Waals surface area contributed by atoms with E-state index in [-0.39, 0.29) is 29.3 Å². The molecule has 8 nitrogen and oxygen atoms in total. The van der Waals surface area contributed by atoms with E-state index in [1.807, 2.05) is 0 Å². The summed E-state index contributed by atoms with van der Waals surface area (Å²) in [5.41, 5.74) is 1.06. The number of hydrogen-bond donors (Lipinski definition) is 2. The molecule has 0 unspecified atom stereocenters. The van der Waals surface area contributed by atoms with Crippen molar-refractivity contribution in [1.82, 2.24) is 4.98 Å². The minimum absolute atomic E-state index is 0.0501. The maximum absolute atomic E-state index is 12.1. The van der Waals surface area contributed by atoms with Crippen LogP contribution < -0.4 is 10.6 Å². The Labute approximate surface area is 124 Å². The molecule has 0 fully saturated rings. The lowest BCUT2D eigenvalue weighted by atomic mass is 10.1. The molecule has 1 aromatic heterocycles. The van der Waals surface area contributed by atoms with Gasteiger partial charge in [-0.1, -0.05) is 0 Å². The van der Waals surface area contributed by atoms with E-state index >= 15 is 0 Å². The number of carbonyl (C=O) groups is 2. The fourth-order valence-electron chi connectivity index (χ4n) is 2.21. The van der Waals surface area contributed by atoms with Gasteiger partial charge < -0.3 is 10.6 Å². The second-order valence-electron chi connectivity index (χ2n) is 4.70. The molecule has 1 aromatic carbocycles. The van der Waals surface area contributed by atoms with Gasteiger partial charge in [0.1, 0.15) is 5.69 Å². The summed E-state index contributed by atoms with van der Waals surface area (Å²) in [5.74, 6) is -0.742. The van der Waals surface area contributed by atoms with Crippen molar-refractivity contribution in [3.05, 3.63) is 57.9 Å². The predicted molar refractivity (Wildman–Crippen MR) is 77.6 cm³/mol. The number of anilines is 2. The number of nitro benzene ring substituents is 1. The first kappa shape index (κ1) is 13.7. The monoisotopic (exact) mass is 298 g/mol. The van der Waals surface area contributed by atoms with Gasteiger partial charge in [0.05, 0.1) is 22.6 Å². The number of hydrogen-bond acceptors (Lipinski definition) is 5. The van der Waals surface area contributed by atoms with Crippen molar-refractivity contribution in [3.8, 4) is 0 Å². The van der Waals surface area contributed by atoms with E-state index in [4.69, 9.17) is 0 Å². The van der Waals surface area contributed by atoms with Crippen LogP contribution in [0.2, 0.25) is 0 Å². The SMILES string of the molecule is O=C1Cc2cc(NC(=O)c3cccnc3)c([N+](=O)[O-])cc2N1. The highest BCUT2D eigenvalue weighted by atomic mass is 16.6. The Morgan fingerprint density at radius 1 is 1.41 bits per heavy atom. The summed E-state index contributed by atoms with van der Waals surface area (Å²) in [6.45, 7) is 0. The first-order valence-corrected chi connectivity index (χ1v) is 6.37. The molecule has 0 spiro atoms. The molecule has 0 aliphatic carbocycles. The largest absolute Gasteiger partial charge is 0.325 e. The van der Waals surface area contributed by atoms with Gasteiger partial charge in [0, 0.05) is 18.5 Å². The average Bonchev–Trinajstić information content (AvgIpc) is 2.86. The van der Waals surface area contributed by atoms with Crippen LogP contribution in [0.4, 0.5) is 17.1 Å². The molecular formula is C14H10N4O4. The smallest absolute Gasteiger partial charge is 0.294 e. The van der Waals surface area contributed by atoms with Gasteiger partial charge in [-0.05, 0) is 23.8 Å². The fourth-order valence-corrected chi connectivity index (χ4v) is 2.21. The number of nitro groups is 1. The van der Waals surface area contributed by atoms with Gasteiger partial charge in [0.15, 0.2) is 0 Å². The minimum atomic E-state index is -0.608. The van der Waals surface area contributed by atoms with Crippen LogP contribution in [-0.2, 0) is 11.2 Å². The Kier molecular flexibility index (Phi) is 3.26. The quantitative estimate of drug-likeness (QED) is 0.661. The van der Waals surface area contributed by atoms with Crippen molar-refractivity contribution in [2.45, 2.75) is 6.42 Å². The molecule has 1 aliphatic rings. The molecule has 2 heterocycles. The summed E-state index contributed by atoms with van der Waals surface area (Å²) in [6, 6.07) is 5.83. The number of carbonyl (C=O) groups excluding carboxylic acids is 2. The van der Waals surface area contributed by atoms with Crippen molar-refractivity contribution in [3.63, 3.8) is 0 Å². The Morgan fingerprint density at radius 3 is 2.91 bits per heavy atom. The van der Waals surface area contributed by atoms with Crippen molar-refractivity contribution in [2.75, 3.05) is 10.6 Å². The Hall–Kier alpha value is -3.29. The van der Waals surface area contributed by atoms with Crippen LogP contribution in [-0.4, -0.2) is 21.7 Å². The summed E-state index contributed by atoms with van der Waals surface area (Å²) in [7, 11) is 0. The number of nitrogens with zero attached hydrogens (tertiary/aromatic N) is 2. The van der Waals surface area contributed by atoms with Gasteiger partial charge in [0.2, 0.25) is 5.91 Å². The molecule has 2 amide bonds. The van der Waals surface area contributed by atoms with Crippen molar-refractivity contribution < 1.29 is 14.5 Å². The van der Waals surface area contributed by atoms with E-state index in [1.54, 1.807) is 12.1 Å². The molecular weight excluding hydrogens is 288 g/mol. The molecule has 0 atom stereocenters. The Balaban J connectivity index is 1.96. The number of fused-ring (bicyclic) bond motifs is 1. The lowest BCUT2D eigenvalue weighted by Gasteiger charge is -2.08. The number of pyridine rings is 1. The fraction of sp³-hybridized carbons (Fsp3) is 0.0714. The van der Waals surface area contributed by atoms with Gasteiger partial charge in [-0.25, -0.2) is 0 Å². The van der Waals surface area contributed by atoms with Gasteiger partial charge in [-0.3, -0.25) is 24.7 Å². The molecule has 2 aromatic rings. The van der Waals surface area contributed by atoms with Crippen molar-refractivity contribution in [1.29, 1.82) is 0 Å². The summed E-state index contributed by atoms with van der Waals surface area (Å²) in [6.07, 6.45) is 3.01. The molecule has 0 radical (unpaired) electrons. The molecule has 2 N–H and O–H groups in total. The first-order chi connectivity index (χ1) is 10.5. The molecule has 0 saturated carbocycles. The minimum Gasteiger partial charge on any atom is -0.325 e. The normalized spacial score (nSPS) is 12.5. The van der Waals surface area contributed by atoms with Crippen LogP contribution in [0.15, 0.2) is 36.7 Å². The second kappa shape index (κ2) is 5.24. The number of nitrogens with one attached hydrogen (secondary N) is 2. The zero-order valence-electron chi connectivity index (χ0n) is 11.2. The Bertz CT molecular complexity index is 789. The molecule has 1 aliphatic heterocycles. The summed E-state index contributed by atoms with van der Waals surface area (Å²) in [4.78, 5) is 37.8. The van der Waals surface area contributed by atoms with E-state index in [1.165, 1.54) is 24.5 Å². The number of aromatic nitrogens is 1. The number of amides is 2. The first-order valence-electron chi connectivity index (χ1n) is 6.37. The number of benzene rings is 1. The van der Waals surface area contributed by atoms with Gasteiger partial charge in [0.25, 0.3) is 11.6 Å². The lowest BCUT2D eigenvalue weighted by Crippen LogP contribution is -2.13. The highest BCUT2D eigenvalue weighted by Crippen LogP contribution is 2.34. The molecule has 22 heavy (non-hydrogen) atoms. The molecule has 3 rings (SSSR count). The Morgan fingerprint density at radius 2 is 2.23 bits per heavy atom. The lowest BCUT2D eigenvalue weighted by molar-refractivity contribution is -0.383. The summed E-state index contributed by atoms with van der Waals surface area (Å²) >= 11 is 0. The van der Waals surface area contributed by atoms with Crippen LogP contribution in [0.1, 0.15) is 15.9 Å². The van der Waals surface area contributed by atoms with E-state index in [9.17, 15) is 19.7 Å². The highest BCUT2D eigenvalue weighted by Gasteiger charge is 2.25. The van der Waals surface area contributed by atoms with E-state index in [2.05, 4.69) is 15.6 Å². The maximum atomic E-state index is 12.1. The van der Waals surface area contributed by atoms with Gasteiger partial charge >= 0.3 is 0 Å². The van der Waals surface area contributed by atoms with E-state index in [0.717, 1.165) is 0 Å². The van der Waals surface area contributed by atoms with Crippen LogP contribution in [0.3, 0.4) is 0 Å². The number of rotatable bonds is 3. The maximum Gasteiger partial charge on any atom is 0.294 e. The average molecular weight is 298 g/mol. The zero-order valence-corrected chi connectivity index (χ0v) is 11.2. The zero-order chi connectivity index (χ0) is 15.7. The third kappa shape index (κ3) is 2.49. The van der Waals surface area contributed by atoms with E-state index < -0.39 is 10.8 Å². The van der Waals surface area contributed by atoms with Crippen LogP contribution in [0, 0.1) is 10.1 Å². The molecule has 8 heteroatoms. The van der Waals surface area contributed by atoms with Crippen molar-refractivity contribution in [2.24, 2.45) is 0 Å². The molecule has 0 saturated heterocycles. The van der Waals surface area contributed by atoms with Crippen LogP contribution in [0.5, 0.6) is 0 Å². The predicted octanol–water partition coefficient (Wildman–Crippen LogP) is 1.74.